The molecule has 5 rings (SSSR count). The van der Waals surface area contributed by atoms with Gasteiger partial charge in [0.1, 0.15) is 5.69 Å². The van der Waals surface area contributed by atoms with Crippen molar-refractivity contribution in [2.75, 3.05) is 11.9 Å². The van der Waals surface area contributed by atoms with E-state index >= 15 is 8.78 Å². The predicted octanol–water partition coefficient (Wildman–Crippen LogP) is 4.71. The Morgan fingerprint density at radius 1 is 1.00 bits per heavy atom. The summed E-state index contributed by atoms with van der Waals surface area (Å²) in [5.41, 5.74) is 1.29. The van der Waals surface area contributed by atoms with Crippen LogP contribution < -0.4 is 4.90 Å². The summed E-state index contributed by atoms with van der Waals surface area (Å²) in [7, 11) is 1.58. The Morgan fingerprint density at radius 3 is 2.42 bits per heavy atom. The number of nitrogens with one attached hydrogen (secondary N) is 1. The lowest BCUT2D eigenvalue weighted by Gasteiger charge is -2.49. The number of carbonyl (C=O) groups excluding carboxylic acids is 2. The second-order valence-electron chi connectivity index (χ2n) is 8.43. The van der Waals surface area contributed by atoms with Gasteiger partial charge in [-0.2, -0.15) is 0 Å². The van der Waals surface area contributed by atoms with Crippen LogP contribution in [0.4, 0.5) is 19.3 Å². The third-order valence-electron chi connectivity index (χ3n) is 6.55. The van der Waals surface area contributed by atoms with E-state index in [0.29, 0.717) is 16.9 Å². The SMILES string of the molecule is CN1C(=O)N(c2c(F)cc(C#Cc3ccccc3)cc2F)C(=O)C[C@]12CCCc1c[nH]cc12. The fourth-order valence-corrected chi connectivity index (χ4v) is 4.90. The van der Waals surface area contributed by atoms with Gasteiger partial charge in [-0.3, -0.25) is 4.79 Å². The minimum atomic E-state index is -1.01. The summed E-state index contributed by atoms with van der Waals surface area (Å²) >= 11 is 0. The maximum Gasteiger partial charge on any atom is 0.332 e. The molecule has 1 aliphatic heterocycles. The molecule has 1 fully saturated rings. The van der Waals surface area contributed by atoms with Crippen LogP contribution >= 0.6 is 0 Å². The first-order valence-corrected chi connectivity index (χ1v) is 10.7. The summed E-state index contributed by atoms with van der Waals surface area (Å²) in [5, 5.41) is 0. The molecule has 0 bridgehead atoms. The molecular weight excluding hydrogens is 424 g/mol. The van der Waals surface area contributed by atoms with E-state index in [2.05, 4.69) is 16.8 Å². The molecule has 1 aliphatic carbocycles. The van der Waals surface area contributed by atoms with Crippen LogP contribution in [-0.2, 0) is 16.8 Å². The van der Waals surface area contributed by atoms with Crippen LogP contribution in [0.25, 0.3) is 0 Å². The number of imide groups is 1. The first-order chi connectivity index (χ1) is 15.9. The van der Waals surface area contributed by atoms with Gasteiger partial charge in [-0.05, 0) is 54.7 Å². The lowest BCUT2D eigenvalue weighted by Crippen LogP contribution is -2.62. The molecule has 7 heteroatoms. The molecule has 0 saturated carbocycles. The number of rotatable bonds is 1. The van der Waals surface area contributed by atoms with Gasteiger partial charge in [0.2, 0.25) is 5.91 Å². The average molecular weight is 445 g/mol. The summed E-state index contributed by atoms with van der Waals surface area (Å²) in [5.74, 6) is 2.92. The van der Waals surface area contributed by atoms with Gasteiger partial charge in [-0.1, -0.05) is 30.0 Å². The molecule has 1 saturated heterocycles. The lowest BCUT2D eigenvalue weighted by molar-refractivity contribution is -0.122. The molecule has 1 atom stereocenters. The van der Waals surface area contributed by atoms with E-state index in [9.17, 15) is 9.59 Å². The van der Waals surface area contributed by atoms with Gasteiger partial charge in [-0.15, -0.1) is 0 Å². The number of amides is 3. The Labute approximate surface area is 190 Å². The van der Waals surface area contributed by atoms with E-state index in [0.717, 1.165) is 36.1 Å². The van der Waals surface area contributed by atoms with Crippen molar-refractivity contribution in [3.8, 4) is 11.8 Å². The molecule has 1 spiro atoms. The lowest BCUT2D eigenvalue weighted by atomic mass is 9.74. The highest BCUT2D eigenvalue weighted by atomic mass is 19.1. The molecule has 0 radical (unpaired) electrons. The van der Waals surface area contributed by atoms with E-state index in [1.807, 2.05) is 30.6 Å². The minimum absolute atomic E-state index is 0.0471. The number of benzene rings is 2. The van der Waals surface area contributed by atoms with Crippen LogP contribution in [0.5, 0.6) is 0 Å². The molecule has 2 aliphatic rings. The largest absolute Gasteiger partial charge is 0.367 e. The Kier molecular flexibility index (Phi) is 5.01. The van der Waals surface area contributed by atoms with E-state index in [1.54, 1.807) is 19.2 Å². The molecule has 1 N–H and O–H groups in total. The molecule has 166 valence electrons. The van der Waals surface area contributed by atoms with Gasteiger partial charge in [0.25, 0.3) is 0 Å². The fraction of sp³-hybridized carbons (Fsp3) is 0.231. The van der Waals surface area contributed by atoms with Gasteiger partial charge in [0.15, 0.2) is 11.6 Å². The Balaban J connectivity index is 1.49. The normalized spacial score (nSPS) is 20.0. The standard InChI is InChI=1S/C26H21F2N3O2/c1-30-25(33)31(23(32)14-26(30)11-5-8-19-15-29-16-20(19)26)24-21(27)12-18(13-22(24)28)10-9-17-6-3-2-4-7-17/h2-4,6-7,12-13,15-16,29H,5,8,11,14H2,1H3/t26-/m0/s1. The van der Waals surface area contributed by atoms with Crippen LogP contribution in [-0.4, -0.2) is 28.9 Å². The van der Waals surface area contributed by atoms with Crippen LogP contribution in [0.3, 0.4) is 0 Å². The molecule has 0 unspecified atom stereocenters. The number of anilines is 1. The number of fused-ring (bicyclic) bond motifs is 2. The second-order valence-corrected chi connectivity index (χ2v) is 8.43. The van der Waals surface area contributed by atoms with Crippen LogP contribution in [0.15, 0.2) is 54.9 Å². The van der Waals surface area contributed by atoms with Crippen molar-refractivity contribution in [2.24, 2.45) is 0 Å². The molecule has 5 nitrogen and oxygen atoms in total. The van der Waals surface area contributed by atoms with Gasteiger partial charge < -0.3 is 9.88 Å². The van der Waals surface area contributed by atoms with Crippen LogP contribution in [0, 0.1) is 23.5 Å². The van der Waals surface area contributed by atoms with Crippen molar-refractivity contribution < 1.29 is 18.4 Å². The minimum Gasteiger partial charge on any atom is -0.367 e. The highest BCUT2D eigenvalue weighted by molar-refractivity contribution is 6.16. The number of H-pyrrole nitrogens is 1. The molecule has 33 heavy (non-hydrogen) atoms. The maximum absolute atomic E-state index is 15.0. The first-order valence-electron chi connectivity index (χ1n) is 10.7. The van der Waals surface area contributed by atoms with E-state index < -0.39 is 34.8 Å². The topological polar surface area (TPSA) is 56.4 Å². The number of aromatic nitrogens is 1. The summed E-state index contributed by atoms with van der Waals surface area (Å²) < 4.78 is 30.1. The van der Waals surface area contributed by atoms with E-state index in [4.69, 9.17) is 0 Å². The van der Waals surface area contributed by atoms with Gasteiger partial charge in [0.05, 0.1) is 12.0 Å². The number of nitrogens with zero attached hydrogens (tertiary/aromatic N) is 2. The zero-order valence-corrected chi connectivity index (χ0v) is 18.0. The monoisotopic (exact) mass is 445 g/mol. The number of halogens is 2. The Bertz CT molecular complexity index is 1300. The van der Waals surface area contributed by atoms with Crippen molar-refractivity contribution in [1.82, 2.24) is 9.88 Å². The molecule has 3 aromatic rings. The third kappa shape index (κ3) is 3.39. The van der Waals surface area contributed by atoms with Gasteiger partial charge in [0, 0.05) is 30.6 Å². The average Bonchev–Trinajstić information content (AvgIpc) is 3.29. The van der Waals surface area contributed by atoms with Gasteiger partial charge >= 0.3 is 6.03 Å². The van der Waals surface area contributed by atoms with Crippen LogP contribution in [0.1, 0.15) is 41.5 Å². The summed E-state index contributed by atoms with van der Waals surface area (Å²) in [6.45, 7) is 0. The number of urea groups is 1. The zero-order chi connectivity index (χ0) is 23.2. The van der Waals surface area contributed by atoms with Gasteiger partial charge in [-0.25, -0.2) is 18.5 Å². The number of aryl methyl sites for hydroxylation is 1. The van der Waals surface area contributed by atoms with Crippen molar-refractivity contribution in [3.05, 3.63) is 88.7 Å². The van der Waals surface area contributed by atoms with Crippen molar-refractivity contribution in [2.45, 2.75) is 31.2 Å². The number of hydrogen-bond donors (Lipinski definition) is 1. The molecule has 3 amide bonds. The van der Waals surface area contributed by atoms with Crippen molar-refractivity contribution in [1.29, 1.82) is 0 Å². The molecule has 1 aromatic heterocycles. The number of aromatic amines is 1. The number of hydrogen-bond acceptors (Lipinski definition) is 2. The zero-order valence-electron chi connectivity index (χ0n) is 18.0. The Hall–Kier alpha value is -3.92. The predicted molar refractivity (Wildman–Crippen MR) is 119 cm³/mol. The van der Waals surface area contributed by atoms with Crippen molar-refractivity contribution in [3.63, 3.8) is 0 Å². The second kappa shape index (κ2) is 7.89. The van der Waals surface area contributed by atoms with E-state index in [-0.39, 0.29) is 12.0 Å². The van der Waals surface area contributed by atoms with Crippen molar-refractivity contribution >= 4 is 17.6 Å². The Morgan fingerprint density at radius 2 is 1.70 bits per heavy atom. The maximum atomic E-state index is 15.0. The quantitative estimate of drug-likeness (QED) is 0.552. The highest BCUT2D eigenvalue weighted by Crippen LogP contribution is 2.46. The molecular formula is C26H21F2N3O2. The number of carbonyl (C=O) groups is 2. The first kappa shape index (κ1) is 21.0. The molecule has 2 heterocycles. The summed E-state index contributed by atoms with van der Waals surface area (Å²) in [6, 6.07) is 10.4. The smallest absolute Gasteiger partial charge is 0.332 e. The highest BCUT2D eigenvalue weighted by Gasteiger charge is 2.52. The van der Waals surface area contributed by atoms with E-state index in [1.165, 1.54) is 4.90 Å². The summed E-state index contributed by atoms with van der Waals surface area (Å²) in [4.78, 5) is 31.6. The summed E-state index contributed by atoms with van der Waals surface area (Å²) in [6.07, 6.45) is 5.91. The third-order valence-corrected chi connectivity index (χ3v) is 6.55. The fourth-order valence-electron chi connectivity index (χ4n) is 4.90. The molecule has 2 aromatic carbocycles. The van der Waals surface area contributed by atoms with Crippen LogP contribution in [0.2, 0.25) is 0 Å².